The second-order valence-electron chi connectivity index (χ2n) is 10.9. The van der Waals surface area contributed by atoms with Crippen LogP contribution < -0.4 is 20.9 Å². The van der Waals surface area contributed by atoms with Gasteiger partial charge in [-0.1, -0.05) is 0 Å². The van der Waals surface area contributed by atoms with Crippen LogP contribution in [0.4, 0.5) is 41.1 Å². The van der Waals surface area contributed by atoms with Crippen LogP contribution in [-0.2, 0) is 4.79 Å². The summed E-state index contributed by atoms with van der Waals surface area (Å²) in [5.41, 5.74) is 7.08. The molecular formula is C27H28F4N10O2S2. The maximum Gasteiger partial charge on any atom is 0.258 e. The topological polar surface area (TPSA) is 159 Å². The molecular weight excluding hydrogens is 636 g/mol. The predicted molar refractivity (Wildman–Crippen MR) is 161 cm³/mol. The van der Waals surface area contributed by atoms with Gasteiger partial charge in [0.25, 0.3) is 11.8 Å². The number of aromatic nitrogens is 6. The van der Waals surface area contributed by atoms with Gasteiger partial charge in [-0.2, -0.15) is 0 Å². The minimum absolute atomic E-state index is 0.183. The number of piperidine rings is 2. The SMILES string of the molecule is CC(=O)Nc1csc(-c2cnc(N3CC4C(C3)C4(F)F)nc2)n1.CO.Nc1csc(-c2cnc(N3CC4C(C3)C4(F)F)nc2)n1. The molecule has 12 nitrogen and oxygen atoms in total. The molecule has 4 aliphatic rings. The minimum Gasteiger partial charge on any atom is -0.400 e. The number of halogens is 4. The summed E-state index contributed by atoms with van der Waals surface area (Å²) in [5.74, 6) is -5.38. The molecule has 2 saturated carbocycles. The van der Waals surface area contributed by atoms with Crippen LogP contribution in [0.2, 0.25) is 0 Å². The maximum absolute atomic E-state index is 13.2. The summed E-state index contributed by atoms with van der Waals surface area (Å²) in [6.45, 7) is 2.70. The van der Waals surface area contributed by atoms with Crippen LogP contribution in [0, 0.1) is 23.7 Å². The van der Waals surface area contributed by atoms with E-state index in [1.807, 2.05) is 4.90 Å². The highest BCUT2D eigenvalue weighted by atomic mass is 32.1. The van der Waals surface area contributed by atoms with Crippen molar-refractivity contribution in [3.63, 3.8) is 0 Å². The van der Waals surface area contributed by atoms with E-state index in [0.29, 0.717) is 54.7 Å². The number of alkyl halides is 4. The first-order valence-electron chi connectivity index (χ1n) is 13.8. The van der Waals surface area contributed by atoms with Gasteiger partial charge in [0.1, 0.15) is 21.7 Å². The van der Waals surface area contributed by atoms with Crippen LogP contribution in [-0.4, -0.2) is 86.1 Å². The number of nitrogens with two attached hydrogens (primary N) is 1. The van der Waals surface area contributed by atoms with Crippen molar-refractivity contribution in [1.29, 1.82) is 0 Å². The third-order valence-corrected chi connectivity index (χ3v) is 9.87. The smallest absolute Gasteiger partial charge is 0.258 e. The molecule has 4 N–H and O–H groups in total. The van der Waals surface area contributed by atoms with Gasteiger partial charge in [0.05, 0.1) is 23.7 Å². The molecule has 2 aliphatic carbocycles. The lowest BCUT2D eigenvalue weighted by Crippen LogP contribution is -2.28. The number of nitrogens with one attached hydrogen (secondary N) is 1. The molecule has 2 saturated heterocycles. The zero-order chi connectivity index (χ0) is 32.1. The van der Waals surface area contributed by atoms with Gasteiger partial charge < -0.3 is 26.0 Å². The largest absolute Gasteiger partial charge is 0.400 e. The van der Waals surface area contributed by atoms with Gasteiger partial charge in [0.15, 0.2) is 0 Å². The molecule has 238 valence electrons. The fourth-order valence-electron chi connectivity index (χ4n) is 5.60. The lowest BCUT2D eigenvalue weighted by atomic mass is 10.3. The van der Waals surface area contributed by atoms with Crippen LogP contribution in [0.25, 0.3) is 21.1 Å². The van der Waals surface area contributed by atoms with E-state index in [2.05, 4.69) is 35.2 Å². The number of aliphatic hydroxyl groups is 1. The predicted octanol–water partition coefficient (Wildman–Crippen LogP) is 3.75. The number of rotatable bonds is 5. The average molecular weight is 665 g/mol. The number of nitrogens with zero attached hydrogens (tertiary/aromatic N) is 8. The lowest BCUT2D eigenvalue weighted by Gasteiger charge is -2.19. The lowest BCUT2D eigenvalue weighted by molar-refractivity contribution is -0.114. The standard InChI is InChI=1S/C14H13F2N5OS.C12H11F2N5S.CH4O/c1-7(22)19-11-6-23-12(20-11)8-2-17-13(18-3-8)21-4-9-10(5-21)14(9,15)16;13-12(14)7-3-19(4-8(7)12)11-16-1-6(2-17-11)10-18-9(15)5-20-10;1-2/h2-3,6,9-10H,4-5H2,1H3,(H,19,22);1-2,5,7-8H,3-4,15H2;2H,1H3. The summed E-state index contributed by atoms with van der Waals surface area (Å²) in [5, 5.41) is 14.5. The average Bonchev–Trinajstić information content (AvgIpc) is 3.60. The van der Waals surface area contributed by atoms with Gasteiger partial charge in [-0.15, -0.1) is 22.7 Å². The highest BCUT2D eigenvalue weighted by Gasteiger charge is 2.72. The molecule has 6 heterocycles. The Morgan fingerprint density at radius 3 is 1.58 bits per heavy atom. The quantitative estimate of drug-likeness (QED) is 0.267. The Labute approximate surface area is 262 Å². The molecule has 4 fully saturated rings. The van der Waals surface area contributed by atoms with E-state index in [1.165, 1.54) is 29.6 Å². The van der Waals surface area contributed by atoms with E-state index in [-0.39, 0.29) is 5.91 Å². The van der Waals surface area contributed by atoms with Crippen LogP contribution >= 0.6 is 22.7 Å². The van der Waals surface area contributed by atoms with Crippen LogP contribution in [0.3, 0.4) is 0 Å². The van der Waals surface area contributed by atoms with Gasteiger partial charge in [-0.05, 0) is 0 Å². The summed E-state index contributed by atoms with van der Waals surface area (Å²) in [6, 6.07) is 0. The number of nitrogen functional groups attached to an aromatic ring is 1. The first-order chi connectivity index (χ1) is 21.5. The van der Waals surface area contributed by atoms with Gasteiger partial charge in [-0.3, -0.25) is 4.79 Å². The number of fused-ring (bicyclic) bond motifs is 2. The third-order valence-electron chi connectivity index (χ3n) is 8.07. The molecule has 1 amide bonds. The molecule has 45 heavy (non-hydrogen) atoms. The molecule has 8 rings (SSSR count). The fraction of sp³-hybridized carbons (Fsp3) is 0.444. The van der Waals surface area contributed by atoms with Gasteiger partial charge >= 0.3 is 0 Å². The summed E-state index contributed by atoms with van der Waals surface area (Å²) < 4.78 is 52.7. The normalized spacial score (nSPS) is 24.4. The second kappa shape index (κ2) is 11.7. The van der Waals surface area contributed by atoms with Crippen molar-refractivity contribution in [2.75, 3.05) is 54.1 Å². The highest BCUT2D eigenvalue weighted by molar-refractivity contribution is 7.13. The summed E-state index contributed by atoms with van der Waals surface area (Å²) in [6.07, 6.45) is 6.56. The van der Waals surface area contributed by atoms with Crippen molar-refractivity contribution in [3.05, 3.63) is 35.5 Å². The van der Waals surface area contributed by atoms with E-state index < -0.39 is 35.5 Å². The van der Waals surface area contributed by atoms with Crippen molar-refractivity contribution in [1.82, 2.24) is 29.9 Å². The molecule has 4 unspecified atom stereocenters. The molecule has 4 aromatic rings. The number of amides is 1. The Balaban J connectivity index is 0.000000152. The Morgan fingerprint density at radius 2 is 1.20 bits per heavy atom. The monoisotopic (exact) mass is 664 g/mol. The minimum atomic E-state index is -2.50. The zero-order valence-electron chi connectivity index (χ0n) is 23.9. The Bertz CT molecular complexity index is 1640. The summed E-state index contributed by atoms with van der Waals surface area (Å²) >= 11 is 2.79. The van der Waals surface area contributed by atoms with Gasteiger partial charge in [0, 0.05) is 86.9 Å². The summed E-state index contributed by atoms with van der Waals surface area (Å²) in [4.78, 5) is 40.0. The molecule has 0 aromatic carbocycles. The van der Waals surface area contributed by atoms with E-state index >= 15 is 0 Å². The van der Waals surface area contributed by atoms with Crippen molar-refractivity contribution in [3.8, 4) is 21.1 Å². The summed E-state index contributed by atoms with van der Waals surface area (Å²) in [7, 11) is 1.00. The molecule has 0 radical (unpaired) electrons. The molecule has 2 aliphatic heterocycles. The second-order valence-corrected chi connectivity index (χ2v) is 12.6. The van der Waals surface area contributed by atoms with Crippen molar-refractivity contribution < 1.29 is 27.5 Å². The Hall–Kier alpha value is -4.03. The highest BCUT2D eigenvalue weighted by Crippen LogP contribution is 2.60. The van der Waals surface area contributed by atoms with Crippen molar-refractivity contribution in [2.45, 2.75) is 18.8 Å². The Morgan fingerprint density at radius 1 is 0.800 bits per heavy atom. The maximum atomic E-state index is 13.2. The van der Waals surface area contributed by atoms with Crippen molar-refractivity contribution >= 4 is 52.1 Å². The van der Waals surface area contributed by atoms with E-state index in [0.717, 1.165) is 23.2 Å². The first-order valence-corrected chi connectivity index (χ1v) is 15.6. The number of aliphatic hydroxyl groups excluding tert-OH is 1. The van der Waals surface area contributed by atoms with Crippen molar-refractivity contribution in [2.24, 2.45) is 23.7 Å². The fourth-order valence-corrected chi connectivity index (χ4v) is 7.01. The number of carbonyl (C=O) groups excluding carboxylic acids is 1. The molecule has 0 spiro atoms. The number of anilines is 4. The van der Waals surface area contributed by atoms with E-state index in [1.54, 1.807) is 40.4 Å². The van der Waals surface area contributed by atoms with Gasteiger partial charge in [0.2, 0.25) is 17.8 Å². The van der Waals surface area contributed by atoms with Crippen LogP contribution in [0.5, 0.6) is 0 Å². The molecule has 18 heteroatoms. The Kier molecular flexibility index (Phi) is 8.07. The van der Waals surface area contributed by atoms with E-state index in [4.69, 9.17) is 10.8 Å². The molecule has 0 bridgehead atoms. The molecule has 4 atom stereocenters. The van der Waals surface area contributed by atoms with E-state index in [9.17, 15) is 22.4 Å². The van der Waals surface area contributed by atoms with Gasteiger partial charge in [-0.25, -0.2) is 47.5 Å². The number of thiazole rings is 2. The first kappa shape index (κ1) is 31.0. The zero-order valence-corrected chi connectivity index (χ0v) is 25.6. The molecule has 4 aromatic heterocycles. The number of carbonyl (C=O) groups is 1. The number of hydrogen-bond donors (Lipinski definition) is 3. The third kappa shape index (κ3) is 6.00. The number of hydrogen-bond acceptors (Lipinski definition) is 13. The van der Waals surface area contributed by atoms with Crippen LogP contribution in [0.1, 0.15) is 6.92 Å². The van der Waals surface area contributed by atoms with Crippen LogP contribution in [0.15, 0.2) is 35.5 Å².